The molecule has 1 heterocycles. The van der Waals surface area contributed by atoms with Crippen molar-refractivity contribution in [3.05, 3.63) is 29.6 Å². The highest BCUT2D eigenvalue weighted by Gasteiger charge is 2.19. The van der Waals surface area contributed by atoms with Crippen molar-refractivity contribution in [2.24, 2.45) is 0 Å². The van der Waals surface area contributed by atoms with Gasteiger partial charge in [-0.1, -0.05) is 6.92 Å². The Morgan fingerprint density at radius 3 is 2.80 bits per heavy atom. The molecule has 0 spiro atoms. The summed E-state index contributed by atoms with van der Waals surface area (Å²) in [5, 5.41) is 0. The minimum absolute atomic E-state index is 0.0324. The minimum Gasteiger partial charge on any atom is -0.370 e. The van der Waals surface area contributed by atoms with Crippen molar-refractivity contribution in [3.8, 4) is 0 Å². The van der Waals surface area contributed by atoms with Crippen LogP contribution in [0.3, 0.4) is 0 Å². The number of ketones is 1. The van der Waals surface area contributed by atoms with E-state index in [1.807, 2.05) is 26.8 Å². The van der Waals surface area contributed by atoms with E-state index < -0.39 is 0 Å². The number of pyridine rings is 1. The molecule has 1 unspecified atom stereocenters. The molecule has 0 bridgehead atoms. The molecule has 0 N–H and O–H groups in total. The average molecular weight is 207 g/mol. The van der Waals surface area contributed by atoms with Crippen molar-refractivity contribution in [2.45, 2.75) is 33.3 Å². The van der Waals surface area contributed by atoms with Crippen molar-refractivity contribution in [1.82, 2.24) is 4.98 Å². The number of carbonyl (C=O) groups excluding carboxylic acids is 1. The van der Waals surface area contributed by atoms with Crippen LogP contribution in [0.1, 0.15) is 36.2 Å². The van der Waals surface area contributed by atoms with Crippen molar-refractivity contribution in [1.29, 1.82) is 0 Å². The van der Waals surface area contributed by atoms with E-state index in [0.717, 1.165) is 5.56 Å². The number of nitrogens with zero attached hydrogens (tertiary/aromatic N) is 1. The van der Waals surface area contributed by atoms with Crippen LogP contribution in [0, 0.1) is 6.92 Å². The zero-order valence-electron chi connectivity index (χ0n) is 9.49. The maximum absolute atomic E-state index is 12.0. The smallest absolute Gasteiger partial charge is 0.193 e. The van der Waals surface area contributed by atoms with Crippen LogP contribution in [0.15, 0.2) is 18.5 Å². The molecule has 0 aliphatic heterocycles. The second-order valence-corrected chi connectivity index (χ2v) is 3.41. The fourth-order valence-electron chi connectivity index (χ4n) is 1.48. The van der Waals surface area contributed by atoms with Gasteiger partial charge in [-0.2, -0.15) is 0 Å². The predicted octanol–water partition coefficient (Wildman–Crippen LogP) is 2.39. The molecule has 0 aromatic carbocycles. The van der Waals surface area contributed by atoms with Crippen LogP contribution in [0.25, 0.3) is 0 Å². The minimum atomic E-state index is -0.335. The van der Waals surface area contributed by atoms with E-state index in [2.05, 4.69) is 4.98 Å². The van der Waals surface area contributed by atoms with E-state index in [1.54, 1.807) is 12.4 Å². The van der Waals surface area contributed by atoms with Gasteiger partial charge in [0.15, 0.2) is 5.78 Å². The summed E-state index contributed by atoms with van der Waals surface area (Å²) < 4.78 is 5.39. The molecular weight excluding hydrogens is 190 g/mol. The number of Topliss-reactive ketones (excluding diaryl/α,β-unsaturated/α-hetero) is 1. The second kappa shape index (κ2) is 5.61. The molecule has 3 heteroatoms. The molecule has 0 fully saturated rings. The standard InChI is InChI=1S/C12H17NO2/c1-4-11(15-5-2)12(14)10-8-13-7-6-9(10)3/h6-8,11H,4-5H2,1-3H3. The predicted molar refractivity (Wildman–Crippen MR) is 59.0 cm³/mol. The molecule has 0 saturated heterocycles. The zero-order chi connectivity index (χ0) is 11.3. The molecule has 3 nitrogen and oxygen atoms in total. The van der Waals surface area contributed by atoms with Gasteiger partial charge in [-0.3, -0.25) is 9.78 Å². The number of hydrogen-bond acceptors (Lipinski definition) is 3. The first kappa shape index (κ1) is 11.9. The van der Waals surface area contributed by atoms with Gasteiger partial charge in [0, 0.05) is 24.6 Å². The third-order valence-corrected chi connectivity index (χ3v) is 2.34. The quantitative estimate of drug-likeness (QED) is 0.696. The molecule has 1 aromatic heterocycles. The second-order valence-electron chi connectivity index (χ2n) is 3.41. The summed E-state index contributed by atoms with van der Waals surface area (Å²) in [4.78, 5) is 16.0. The monoisotopic (exact) mass is 207 g/mol. The average Bonchev–Trinajstić information content (AvgIpc) is 2.25. The fraction of sp³-hybridized carbons (Fsp3) is 0.500. The van der Waals surface area contributed by atoms with E-state index in [1.165, 1.54) is 0 Å². The number of ether oxygens (including phenoxy) is 1. The van der Waals surface area contributed by atoms with Crippen molar-refractivity contribution < 1.29 is 9.53 Å². The number of aromatic nitrogens is 1. The molecular formula is C12H17NO2. The van der Waals surface area contributed by atoms with Crippen molar-refractivity contribution in [2.75, 3.05) is 6.61 Å². The molecule has 0 aliphatic carbocycles. The Kier molecular flexibility index (Phi) is 4.43. The Morgan fingerprint density at radius 1 is 1.53 bits per heavy atom. The van der Waals surface area contributed by atoms with Gasteiger partial charge in [0.1, 0.15) is 6.10 Å². The lowest BCUT2D eigenvalue weighted by Crippen LogP contribution is -2.24. The van der Waals surface area contributed by atoms with E-state index in [-0.39, 0.29) is 11.9 Å². The van der Waals surface area contributed by atoms with Crippen LogP contribution in [0.4, 0.5) is 0 Å². The highest BCUT2D eigenvalue weighted by Crippen LogP contribution is 2.12. The first-order valence-corrected chi connectivity index (χ1v) is 5.27. The Bertz CT molecular complexity index is 336. The van der Waals surface area contributed by atoms with Crippen LogP contribution in [0.5, 0.6) is 0 Å². The fourth-order valence-corrected chi connectivity index (χ4v) is 1.48. The Labute approximate surface area is 90.5 Å². The van der Waals surface area contributed by atoms with E-state index in [9.17, 15) is 4.79 Å². The van der Waals surface area contributed by atoms with Crippen LogP contribution < -0.4 is 0 Å². The maximum atomic E-state index is 12.0. The molecule has 0 saturated carbocycles. The SMILES string of the molecule is CCOC(CC)C(=O)c1cnccc1C. The van der Waals surface area contributed by atoms with Crippen LogP contribution in [0.2, 0.25) is 0 Å². The first-order valence-electron chi connectivity index (χ1n) is 5.27. The van der Waals surface area contributed by atoms with Gasteiger partial charge < -0.3 is 4.74 Å². The first-order chi connectivity index (χ1) is 7.20. The lowest BCUT2D eigenvalue weighted by Gasteiger charge is -2.14. The molecule has 1 rings (SSSR count). The van der Waals surface area contributed by atoms with E-state index in [0.29, 0.717) is 18.6 Å². The summed E-state index contributed by atoms with van der Waals surface area (Å²) >= 11 is 0. The molecule has 82 valence electrons. The lowest BCUT2D eigenvalue weighted by atomic mass is 10.0. The van der Waals surface area contributed by atoms with Gasteiger partial charge in [-0.05, 0) is 31.9 Å². The summed E-state index contributed by atoms with van der Waals surface area (Å²) in [7, 11) is 0. The third kappa shape index (κ3) is 2.86. The summed E-state index contributed by atoms with van der Waals surface area (Å²) in [6, 6.07) is 1.84. The van der Waals surface area contributed by atoms with Crippen molar-refractivity contribution >= 4 is 5.78 Å². The summed E-state index contributed by atoms with van der Waals surface area (Å²) in [5.41, 5.74) is 1.62. The van der Waals surface area contributed by atoms with Crippen LogP contribution >= 0.6 is 0 Å². The highest BCUT2D eigenvalue weighted by atomic mass is 16.5. The lowest BCUT2D eigenvalue weighted by molar-refractivity contribution is 0.0443. The molecule has 1 aromatic rings. The highest BCUT2D eigenvalue weighted by molar-refractivity contribution is 6.00. The van der Waals surface area contributed by atoms with Gasteiger partial charge >= 0.3 is 0 Å². The molecule has 0 radical (unpaired) electrons. The Hall–Kier alpha value is -1.22. The van der Waals surface area contributed by atoms with Gasteiger partial charge in [-0.15, -0.1) is 0 Å². The maximum Gasteiger partial charge on any atom is 0.193 e. The number of hydrogen-bond donors (Lipinski definition) is 0. The van der Waals surface area contributed by atoms with E-state index >= 15 is 0 Å². The molecule has 1 atom stereocenters. The summed E-state index contributed by atoms with van der Waals surface area (Å²) in [6.45, 7) is 6.31. The Balaban J connectivity index is 2.88. The number of rotatable bonds is 5. The largest absolute Gasteiger partial charge is 0.370 e. The van der Waals surface area contributed by atoms with Gasteiger partial charge in [0.2, 0.25) is 0 Å². The van der Waals surface area contributed by atoms with Crippen LogP contribution in [-0.4, -0.2) is 23.5 Å². The van der Waals surface area contributed by atoms with Gasteiger partial charge in [0.05, 0.1) is 0 Å². The van der Waals surface area contributed by atoms with Crippen molar-refractivity contribution in [3.63, 3.8) is 0 Å². The summed E-state index contributed by atoms with van der Waals surface area (Å²) in [6.07, 6.45) is 3.66. The number of carbonyl (C=O) groups is 1. The van der Waals surface area contributed by atoms with Gasteiger partial charge in [0.25, 0.3) is 0 Å². The third-order valence-electron chi connectivity index (χ3n) is 2.34. The summed E-state index contributed by atoms with van der Waals surface area (Å²) in [5.74, 6) is 0.0324. The zero-order valence-corrected chi connectivity index (χ0v) is 9.49. The van der Waals surface area contributed by atoms with Gasteiger partial charge in [-0.25, -0.2) is 0 Å². The topological polar surface area (TPSA) is 39.2 Å². The molecule has 0 aliphatic rings. The van der Waals surface area contributed by atoms with E-state index in [4.69, 9.17) is 4.74 Å². The Morgan fingerprint density at radius 2 is 2.27 bits per heavy atom. The normalized spacial score (nSPS) is 12.5. The van der Waals surface area contributed by atoms with Crippen LogP contribution in [-0.2, 0) is 4.74 Å². The number of aryl methyl sites for hydroxylation is 1. The molecule has 0 amide bonds. The molecule has 15 heavy (non-hydrogen) atoms.